The first-order valence-electron chi connectivity index (χ1n) is 11.8. The summed E-state index contributed by atoms with van der Waals surface area (Å²) in [6.45, 7) is 0.249. The van der Waals surface area contributed by atoms with E-state index in [4.69, 9.17) is 4.74 Å². The number of ether oxygens (including phenoxy) is 1. The van der Waals surface area contributed by atoms with E-state index in [1.165, 1.54) is 17.3 Å². The molecule has 1 amide bonds. The number of halogens is 3. The largest absolute Gasteiger partial charge is 0.448 e. The molecule has 0 radical (unpaired) electrons. The van der Waals surface area contributed by atoms with Crippen LogP contribution in [0.2, 0.25) is 0 Å². The number of rotatable bonds is 3. The Kier molecular flexibility index (Phi) is 5.16. The van der Waals surface area contributed by atoms with Crippen LogP contribution < -0.4 is 0 Å². The Hall–Kier alpha value is -3.61. The van der Waals surface area contributed by atoms with Crippen molar-refractivity contribution in [3.63, 3.8) is 0 Å². The number of hydrogen-bond donors (Lipinski definition) is 0. The molecule has 3 aliphatic rings. The van der Waals surface area contributed by atoms with Crippen LogP contribution in [-0.2, 0) is 10.9 Å². The van der Waals surface area contributed by atoms with Crippen molar-refractivity contribution in [2.45, 2.75) is 43.4 Å². The summed E-state index contributed by atoms with van der Waals surface area (Å²) in [6.07, 6.45) is 0.334. The molecule has 0 spiro atoms. The second-order valence-electron chi connectivity index (χ2n) is 9.33. The van der Waals surface area contributed by atoms with Gasteiger partial charge in [-0.3, -0.25) is 9.88 Å². The summed E-state index contributed by atoms with van der Waals surface area (Å²) in [6, 6.07) is 18.8. The Bertz CT molecular complexity index is 1290. The Morgan fingerprint density at radius 1 is 1.00 bits per heavy atom. The molecule has 4 nitrogen and oxygen atoms in total. The topological polar surface area (TPSA) is 42.4 Å². The third-order valence-electron chi connectivity index (χ3n) is 7.36. The van der Waals surface area contributed by atoms with Gasteiger partial charge in [0.05, 0.1) is 6.04 Å². The molecule has 1 fully saturated rings. The lowest BCUT2D eigenvalue weighted by Crippen LogP contribution is -2.43. The van der Waals surface area contributed by atoms with Crippen LogP contribution >= 0.6 is 0 Å². The van der Waals surface area contributed by atoms with Crippen molar-refractivity contribution in [2.75, 3.05) is 6.61 Å². The lowest BCUT2D eigenvalue weighted by atomic mass is 9.95. The van der Waals surface area contributed by atoms with Crippen LogP contribution in [0.25, 0.3) is 16.7 Å². The molecule has 7 heteroatoms. The van der Waals surface area contributed by atoms with E-state index in [0.29, 0.717) is 12.0 Å². The van der Waals surface area contributed by atoms with Gasteiger partial charge < -0.3 is 4.74 Å². The number of carbonyl (C=O) groups is 1. The zero-order valence-corrected chi connectivity index (χ0v) is 18.8. The summed E-state index contributed by atoms with van der Waals surface area (Å²) in [7, 11) is 0. The van der Waals surface area contributed by atoms with Gasteiger partial charge in [-0.1, -0.05) is 54.6 Å². The number of nitrogens with zero attached hydrogens (tertiary/aromatic N) is 2. The molecule has 0 saturated carbocycles. The highest BCUT2D eigenvalue weighted by atomic mass is 19.4. The van der Waals surface area contributed by atoms with E-state index in [2.05, 4.69) is 29.2 Å². The Labute approximate surface area is 201 Å². The summed E-state index contributed by atoms with van der Waals surface area (Å²) < 4.78 is 45.2. The minimum absolute atomic E-state index is 0.0162. The van der Waals surface area contributed by atoms with Crippen LogP contribution in [0, 0.1) is 0 Å². The highest BCUT2D eigenvalue weighted by Gasteiger charge is 2.42. The Balaban J connectivity index is 1.20. The zero-order chi connectivity index (χ0) is 24.2. The standard InChI is InChI=1S/C28H23F3N2O2/c29-28(30,31)26-15-17(11-12-32-26)18-13-19-9-10-20(14-18)33(19)27(34)35-16-25-23-7-3-1-5-21(23)22-6-2-4-8-24(22)25/h1-8,11-13,15,19-20,25H,9-10,14,16H2. The number of alkyl halides is 3. The van der Waals surface area contributed by atoms with Crippen molar-refractivity contribution >= 4 is 11.7 Å². The van der Waals surface area contributed by atoms with Gasteiger partial charge in [0.2, 0.25) is 0 Å². The summed E-state index contributed by atoms with van der Waals surface area (Å²) >= 11 is 0. The maximum Gasteiger partial charge on any atom is 0.433 e. The summed E-state index contributed by atoms with van der Waals surface area (Å²) in [5, 5.41) is 0. The maximum atomic E-state index is 13.2. The van der Waals surface area contributed by atoms with E-state index in [0.717, 1.165) is 35.6 Å². The molecule has 3 aromatic rings. The first-order chi connectivity index (χ1) is 16.9. The van der Waals surface area contributed by atoms with Gasteiger partial charge in [-0.2, -0.15) is 13.2 Å². The number of fused-ring (bicyclic) bond motifs is 5. The van der Waals surface area contributed by atoms with Crippen LogP contribution in [0.3, 0.4) is 0 Å². The summed E-state index contributed by atoms with van der Waals surface area (Å²) in [5.74, 6) is -0.0162. The quantitative estimate of drug-likeness (QED) is 0.424. The number of aromatic nitrogens is 1. The van der Waals surface area contributed by atoms with Crippen molar-refractivity contribution in [2.24, 2.45) is 0 Å². The van der Waals surface area contributed by atoms with E-state index in [9.17, 15) is 18.0 Å². The predicted octanol–water partition coefficient (Wildman–Crippen LogP) is 6.67. The van der Waals surface area contributed by atoms with Crippen molar-refractivity contribution in [3.8, 4) is 11.1 Å². The maximum absolute atomic E-state index is 13.2. The molecule has 2 atom stereocenters. The summed E-state index contributed by atoms with van der Waals surface area (Å²) in [4.78, 5) is 18.4. The zero-order valence-electron chi connectivity index (χ0n) is 18.8. The molecule has 3 heterocycles. The van der Waals surface area contributed by atoms with Crippen LogP contribution in [0.1, 0.15) is 47.6 Å². The smallest absolute Gasteiger partial charge is 0.433 e. The molecule has 178 valence electrons. The highest BCUT2D eigenvalue weighted by molar-refractivity contribution is 5.79. The average molecular weight is 476 g/mol. The second-order valence-corrected chi connectivity index (χ2v) is 9.33. The first kappa shape index (κ1) is 21.9. The highest BCUT2D eigenvalue weighted by Crippen LogP contribution is 2.45. The van der Waals surface area contributed by atoms with Crippen molar-refractivity contribution in [1.82, 2.24) is 9.88 Å². The van der Waals surface area contributed by atoms with Gasteiger partial charge in [0.25, 0.3) is 0 Å². The van der Waals surface area contributed by atoms with Gasteiger partial charge in [0.1, 0.15) is 12.3 Å². The minimum atomic E-state index is -4.49. The SMILES string of the molecule is O=C(OCC1c2ccccc2-c2ccccc21)N1C2C=C(c3ccnc(C(F)(F)F)c3)CC1CC2. The van der Waals surface area contributed by atoms with Crippen molar-refractivity contribution < 1.29 is 22.7 Å². The van der Waals surface area contributed by atoms with Crippen molar-refractivity contribution in [1.29, 1.82) is 0 Å². The fourth-order valence-corrected chi connectivity index (χ4v) is 5.78. The summed E-state index contributed by atoms with van der Waals surface area (Å²) in [5.41, 5.74) is 5.09. The van der Waals surface area contributed by atoms with E-state index in [1.807, 2.05) is 30.3 Å². The number of hydrogen-bond acceptors (Lipinski definition) is 3. The van der Waals surface area contributed by atoms with Crippen LogP contribution in [0.15, 0.2) is 72.9 Å². The third kappa shape index (κ3) is 3.79. The van der Waals surface area contributed by atoms with Gasteiger partial charge in [-0.25, -0.2) is 4.79 Å². The molecule has 35 heavy (non-hydrogen) atoms. The molecule has 2 unspecified atom stereocenters. The lowest BCUT2D eigenvalue weighted by molar-refractivity contribution is -0.141. The van der Waals surface area contributed by atoms with Gasteiger partial charge in [0.15, 0.2) is 0 Å². The Morgan fingerprint density at radius 3 is 2.34 bits per heavy atom. The predicted molar refractivity (Wildman–Crippen MR) is 126 cm³/mol. The average Bonchev–Trinajstić information content (AvgIpc) is 3.32. The van der Waals surface area contributed by atoms with Crippen LogP contribution in [0.4, 0.5) is 18.0 Å². The van der Waals surface area contributed by atoms with Gasteiger partial charge in [-0.15, -0.1) is 0 Å². The molecule has 0 N–H and O–H groups in total. The number of amides is 1. The van der Waals surface area contributed by atoms with Gasteiger partial charge in [-0.05, 0) is 64.8 Å². The number of pyridine rings is 1. The minimum Gasteiger partial charge on any atom is -0.448 e. The van der Waals surface area contributed by atoms with E-state index in [-0.39, 0.29) is 30.7 Å². The molecule has 2 aromatic carbocycles. The molecule has 6 rings (SSSR count). The first-order valence-corrected chi connectivity index (χ1v) is 11.8. The number of benzene rings is 2. The van der Waals surface area contributed by atoms with Crippen LogP contribution in [0.5, 0.6) is 0 Å². The molecule has 2 bridgehead atoms. The van der Waals surface area contributed by atoms with Gasteiger partial charge in [0, 0.05) is 18.2 Å². The van der Waals surface area contributed by atoms with E-state index in [1.54, 1.807) is 11.0 Å². The Morgan fingerprint density at radius 2 is 1.69 bits per heavy atom. The molecule has 2 aliphatic heterocycles. The van der Waals surface area contributed by atoms with E-state index >= 15 is 0 Å². The molecule has 1 aromatic heterocycles. The number of carbonyl (C=O) groups excluding carboxylic acids is 1. The van der Waals surface area contributed by atoms with Crippen LogP contribution in [-0.4, -0.2) is 34.7 Å². The fraction of sp³-hybridized carbons (Fsp3) is 0.286. The lowest BCUT2D eigenvalue weighted by Gasteiger charge is -2.33. The molecular formula is C28H23F3N2O2. The monoisotopic (exact) mass is 476 g/mol. The third-order valence-corrected chi connectivity index (χ3v) is 7.36. The van der Waals surface area contributed by atoms with Crippen molar-refractivity contribution in [3.05, 3.63) is 95.3 Å². The molecule has 1 saturated heterocycles. The second kappa shape index (κ2) is 8.26. The normalized spacial score (nSPS) is 20.9. The van der Waals surface area contributed by atoms with E-state index < -0.39 is 11.9 Å². The fourth-order valence-electron chi connectivity index (χ4n) is 5.78. The molecule has 1 aliphatic carbocycles. The van der Waals surface area contributed by atoms with Gasteiger partial charge >= 0.3 is 12.3 Å². The molecular weight excluding hydrogens is 453 g/mol.